The fraction of sp³-hybridized carbons (Fsp3) is 0.400. The predicted molar refractivity (Wildman–Crippen MR) is 101 cm³/mol. The highest BCUT2D eigenvalue weighted by Gasteiger charge is 2.46. The number of rotatable bonds is 6. The van der Waals surface area contributed by atoms with Crippen LogP contribution in [0.15, 0.2) is 36.4 Å². The lowest BCUT2D eigenvalue weighted by Crippen LogP contribution is -2.32. The lowest BCUT2D eigenvalue weighted by molar-refractivity contribution is -0.140. The molecule has 142 valence electrons. The monoisotopic (exact) mass is 369 g/mol. The molecule has 0 spiro atoms. The zero-order valence-electron chi connectivity index (χ0n) is 15.2. The molecule has 2 N–H and O–H groups in total. The molecule has 1 saturated heterocycles. The Morgan fingerprint density at radius 3 is 2.00 bits per heavy atom. The van der Waals surface area contributed by atoms with E-state index in [2.05, 4.69) is 10.6 Å². The van der Waals surface area contributed by atoms with Crippen molar-refractivity contribution in [3.63, 3.8) is 0 Å². The van der Waals surface area contributed by atoms with Gasteiger partial charge in [0.15, 0.2) is 0 Å². The summed E-state index contributed by atoms with van der Waals surface area (Å²) in [5.41, 5.74) is 1.28. The number of amides is 4. The molecule has 3 rings (SSSR count). The van der Waals surface area contributed by atoms with Crippen LogP contribution in [0.4, 0.5) is 11.4 Å². The summed E-state index contributed by atoms with van der Waals surface area (Å²) in [7, 11) is 0. The molecule has 0 aromatic heterocycles. The van der Waals surface area contributed by atoms with E-state index in [9.17, 15) is 19.2 Å². The molecule has 1 aliphatic heterocycles. The Kier molecular flexibility index (Phi) is 5.69. The molecule has 2 atom stereocenters. The van der Waals surface area contributed by atoms with Crippen LogP contribution in [0.1, 0.15) is 32.6 Å². The second-order valence-corrected chi connectivity index (χ2v) is 6.89. The van der Waals surface area contributed by atoms with E-state index in [1.807, 2.05) is 12.2 Å². The van der Waals surface area contributed by atoms with Crippen molar-refractivity contribution in [2.45, 2.75) is 32.6 Å². The zero-order chi connectivity index (χ0) is 19.4. The molecule has 7 heteroatoms. The van der Waals surface area contributed by atoms with E-state index in [4.69, 9.17) is 0 Å². The molecule has 7 nitrogen and oxygen atoms in total. The summed E-state index contributed by atoms with van der Waals surface area (Å²) in [6.07, 6.45) is 5.82. The number of hydrogen-bond acceptors (Lipinski definition) is 4. The third-order valence-corrected chi connectivity index (χ3v) is 4.87. The number of hydrogen-bond donors (Lipinski definition) is 2. The van der Waals surface area contributed by atoms with Crippen LogP contribution in [0.25, 0.3) is 0 Å². The van der Waals surface area contributed by atoms with Crippen LogP contribution >= 0.6 is 0 Å². The maximum atomic E-state index is 12.4. The molecule has 0 saturated carbocycles. The summed E-state index contributed by atoms with van der Waals surface area (Å²) in [6.45, 7) is 1.70. The molecule has 0 unspecified atom stereocenters. The van der Waals surface area contributed by atoms with E-state index in [0.717, 1.165) is 0 Å². The van der Waals surface area contributed by atoms with Gasteiger partial charge >= 0.3 is 0 Å². The molecule has 1 heterocycles. The van der Waals surface area contributed by atoms with Crippen LogP contribution in [-0.2, 0) is 19.2 Å². The van der Waals surface area contributed by atoms with Gasteiger partial charge in [0.2, 0.25) is 23.6 Å². The summed E-state index contributed by atoms with van der Waals surface area (Å²) in [4.78, 5) is 49.1. The number of benzene rings is 1. The van der Waals surface area contributed by atoms with Gasteiger partial charge in [-0.25, -0.2) is 0 Å². The molecule has 1 aromatic carbocycles. The van der Waals surface area contributed by atoms with Crippen molar-refractivity contribution in [3.05, 3.63) is 36.4 Å². The van der Waals surface area contributed by atoms with E-state index >= 15 is 0 Å². The third-order valence-electron chi connectivity index (χ3n) is 4.87. The highest BCUT2D eigenvalue weighted by Crippen LogP contribution is 2.35. The molecule has 0 bridgehead atoms. The van der Waals surface area contributed by atoms with Gasteiger partial charge in [-0.2, -0.15) is 0 Å². The van der Waals surface area contributed by atoms with Crippen molar-refractivity contribution < 1.29 is 19.2 Å². The third kappa shape index (κ3) is 4.42. The normalized spacial score (nSPS) is 21.1. The molecule has 1 aliphatic carbocycles. The highest BCUT2D eigenvalue weighted by molar-refractivity contribution is 6.05. The van der Waals surface area contributed by atoms with Gasteiger partial charge in [0.25, 0.3) is 0 Å². The Bertz CT molecular complexity index is 759. The van der Waals surface area contributed by atoms with Gasteiger partial charge in [0.1, 0.15) is 0 Å². The van der Waals surface area contributed by atoms with Gasteiger partial charge in [-0.1, -0.05) is 12.2 Å². The van der Waals surface area contributed by atoms with Gasteiger partial charge in [-0.05, 0) is 43.5 Å². The minimum Gasteiger partial charge on any atom is -0.326 e. The number of likely N-dealkylation sites (tertiary alicyclic amines) is 1. The van der Waals surface area contributed by atoms with Gasteiger partial charge in [0.05, 0.1) is 11.8 Å². The summed E-state index contributed by atoms with van der Waals surface area (Å²) in [5, 5.41) is 5.42. The standard InChI is InChI=1S/C20H23N3O4/c1-13(24)21-14-8-10-15(11-9-14)22-18(25)7-4-12-23-19(26)16-5-2-3-6-17(16)20(23)27/h2-3,8-11,16-17H,4-7,12H2,1H3,(H,21,24)(H,22,25)/t16-,17-/m1/s1. The minimum absolute atomic E-state index is 0.108. The van der Waals surface area contributed by atoms with E-state index in [1.165, 1.54) is 11.8 Å². The highest BCUT2D eigenvalue weighted by atomic mass is 16.2. The van der Waals surface area contributed by atoms with Crippen LogP contribution in [-0.4, -0.2) is 35.1 Å². The van der Waals surface area contributed by atoms with Crippen molar-refractivity contribution >= 4 is 35.0 Å². The summed E-state index contributed by atoms with van der Waals surface area (Å²) >= 11 is 0. The number of nitrogens with zero attached hydrogens (tertiary/aromatic N) is 1. The van der Waals surface area contributed by atoms with Crippen LogP contribution in [0.2, 0.25) is 0 Å². The maximum Gasteiger partial charge on any atom is 0.233 e. The van der Waals surface area contributed by atoms with E-state index in [-0.39, 0.29) is 48.4 Å². The van der Waals surface area contributed by atoms with Crippen molar-refractivity contribution in [2.24, 2.45) is 11.8 Å². The Morgan fingerprint density at radius 2 is 1.48 bits per heavy atom. The first-order valence-electron chi connectivity index (χ1n) is 9.13. The van der Waals surface area contributed by atoms with Crippen LogP contribution in [0, 0.1) is 11.8 Å². The number of anilines is 2. The number of allylic oxidation sites excluding steroid dienone is 2. The average Bonchev–Trinajstić information content (AvgIpc) is 2.88. The molecule has 2 aliphatic rings. The molecule has 1 fully saturated rings. The Balaban J connectivity index is 1.45. The number of carbonyl (C=O) groups is 4. The zero-order valence-corrected chi connectivity index (χ0v) is 15.2. The van der Waals surface area contributed by atoms with Gasteiger partial charge < -0.3 is 10.6 Å². The number of fused-ring (bicyclic) bond motifs is 1. The van der Waals surface area contributed by atoms with Crippen LogP contribution in [0.3, 0.4) is 0 Å². The molecule has 0 radical (unpaired) electrons. The first-order chi connectivity index (χ1) is 13.0. The van der Waals surface area contributed by atoms with E-state index < -0.39 is 0 Å². The average molecular weight is 369 g/mol. The van der Waals surface area contributed by atoms with Crippen LogP contribution < -0.4 is 10.6 Å². The fourth-order valence-electron chi connectivity index (χ4n) is 3.55. The molecule has 27 heavy (non-hydrogen) atoms. The predicted octanol–water partition coefficient (Wildman–Crippen LogP) is 2.31. The lowest BCUT2D eigenvalue weighted by atomic mass is 9.85. The van der Waals surface area contributed by atoms with E-state index in [0.29, 0.717) is 30.6 Å². The molecule has 1 aromatic rings. The first kappa shape index (κ1) is 18.8. The SMILES string of the molecule is CC(=O)Nc1ccc(NC(=O)CCCN2C(=O)[C@@H]3CC=CC[C@H]3C2=O)cc1. The fourth-order valence-corrected chi connectivity index (χ4v) is 3.55. The molecule has 4 amide bonds. The van der Waals surface area contributed by atoms with Crippen molar-refractivity contribution in [1.29, 1.82) is 0 Å². The first-order valence-corrected chi connectivity index (χ1v) is 9.13. The second-order valence-electron chi connectivity index (χ2n) is 6.89. The minimum atomic E-state index is -0.224. The number of nitrogens with one attached hydrogen (secondary N) is 2. The quantitative estimate of drug-likeness (QED) is 0.594. The lowest BCUT2D eigenvalue weighted by Gasteiger charge is -2.14. The van der Waals surface area contributed by atoms with Gasteiger partial charge in [0, 0.05) is 31.3 Å². The summed E-state index contributed by atoms with van der Waals surface area (Å²) < 4.78 is 0. The van der Waals surface area contributed by atoms with Crippen molar-refractivity contribution in [3.8, 4) is 0 Å². The number of imide groups is 1. The Hall–Kier alpha value is -2.96. The largest absolute Gasteiger partial charge is 0.326 e. The smallest absolute Gasteiger partial charge is 0.233 e. The Labute approximate surface area is 157 Å². The number of carbonyl (C=O) groups excluding carboxylic acids is 4. The van der Waals surface area contributed by atoms with Crippen molar-refractivity contribution in [2.75, 3.05) is 17.2 Å². The van der Waals surface area contributed by atoms with Gasteiger partial charge in [-0.15, -0.1) is 0 Å². The van der Waals surface area contributed by atoms with Gasteiger partial charge in [-0.3, -0.25) is 24.1 Å². The maximum absolute atomic E-state index is 12.4. The van der Waals surface area contributed by atoms with Crippen LogP contribution in [0.5, 0.6) is 0 Å². The topological polar surface area (TPSA) is 95.6 Å². The van der Waals surface area contributed by atoms with Crippen molar-refractivity contribution in [1.82, 2.24) is 4.90 Å². The summed E-state index contributed by atoms with van der Waals surface area (Å²) in [6, 6.07) is 6.81. The second kappa shape index (κ2) is 8.16. The molecular formula is C20H23N3O4. The Morgan fingerprint density at radius 1 is 0.963 bits per heavy atom. The summed E-state index contributed by atoms with van der Waals surface area (Å²) in [5.74, 6) is -1.00. The van der Waals surface area contributed by atoms with E-state index in [1.54, 1.807) is 24.3 Å². The molecular weight excluding hydrogens is 346 g/mol.